The first-order chi connectivity index (χ1) is 16.3. The Hall–Kier alpha value is -2.93. The van der Waals surface area contributed by atoms with Gasteiger partial charge in [0.15, 0.2) is 0 Å². The Morgan fingerprint density at radius 1 is 1.09 bits per heavy atom. The highest BCUT2D eigenvalue weighted by molar-refractivity contribution is 5.79. The Bertz CT molecular complexity index is 1010. The van der Waals surface area contributed by atoms with Crippen molar-refractivity contribution in [3.05, 3.63) is 69.8 Å². The molecular weight excluding hydrogens is 430 g/mol. The van der Waals surface area contributed by atoms with Crippen LogP contribution in [0.5, 0.6) is 5.75 Å². The van der Waals surface area contributed by atoms with Crippen molar-refractivity contribution in [1.29, 1.82) is 0 Å². The summed E-state index contributed by atoms with van der Waals surface area (Å²) in [5.74, 6) is 1.54. The quantitative estimate of drug-likeness (QED) is 0.418. The van der Waals surface area contributed by atoms with Gasteiger partial charge in [-0.15, -0.1) is 0 Å². The van der Waals surface area contributed by atoms with Gasteiger partial charge in [-0.1, -0.05) is 44.2 Å². The fourth-order valence-corrected chi connectivity index (χ4v) is 5.14. The third kappa shape index (κ3) is 5.95. The van der Waals surface area contributed by atoms with Crippen molar-refractivity contribution in [2.24, 2.45) is 11.3 Å². The molecule has 0 N–H and O–H groups in total. The Morgan fingerprint density at radius 2 is 1.82 bits per heavy atom. The molecule has 4 rings (SSSR count). The third-order valence-corrected chi connectivity index (χ3v) is 7.11. The molecule has 2 fully saturated rings. The lowest BCUT2D eigenvalue weighted by atomic mass is 9.77. The largest absolute Gasteiger partial charge is 0.493 e. The number of para-hydroxylation sites is 1. The van der Waals surface area contributed by atoms with Crippen molar-refractivity contribution in [1.82, 2.24) is 9.80 Å². The molecule has 1 amide bonds. The van der Waals surface area contributed by atoms with Gasteiger partial charge in [0.25, 0.3) is 5.69 Å². The number of amides is 1. The molecule has 7 nitrogen and oxygen atoms in total. The van der Waals surface area contributed by atoms with Crippen LogP contribution in [0, 0.1) is 21.4 Å². The fourth-order valence-electron chi connectivity index (χ4n) is 5.14. The van der Waals surface area contributed by atoms with E-state index < -0.39 is 4.92 Å². The zero-order valence-electron chi connectivity index (χ0n) is 20.2. The highest BCUT2D eigenvalue weighted by atomic mass is 16.6. The lowest BCUT2D eigenvalue weighted by Crippen LogP contribution is -2.44. The molecule has 0 atom stereocenters. The molecule has 2 aliphatic rings. The fraction of sp³-hybridized carbons (Fsp3) is 0.519. The first-order valence-electron chi connectivity index (χ1n) is 12.3. The van der Waals surface area contributed by atoms with Crippen LogP contribution < -0.4 is 4.74 Å². The highest BCUT2D eigenvalue weighted by Gasteiger charge is 2.41. The minimum atomic E-state index is -0.417. The topological polar surface area (TPSA) is 75.9 Å². The van der Waals surface area contributed by atoms with E-state index in [2.05, 4.69) is 36.9 Å². The summed E-state index contributed by atoms with van der Waals surface area (Å²) in [5.41, 5.74) is 2.25. The van der Waals surface area contributed by atoms with Gasteiger partial charge >= 0.3 is 0 Å². The summed E-state index contributed by atoms with van der Waals surface area (Å²) >= 11 is 0. The molecule has 2 saturated heterocycles. The maximum atomic E-state index is 12.8. The SMILES string of the molecule is CC(C)COc1ccccc1CN1CCC2(CCN(C(=O)Cc3cccc([N+](=O)[O-])c3)CC2)C1. The summed E-state index contributed by atoms with van der Waals surface area (Å²) < 4.78 is 6.05. The number of benzene rings is 2. The summed E-state index contributed by atoms with van der Waals surface area (Å²) in [7, 11) is 0. The van der Waals surface area contributed by atoms with E-state index in [0.717, 1.165) is 64.3 Å². The second kappa shape index (κ2) is 10.6. The predicted octanol–water partition coefficient (Wildman–Crippen LogP) is 4.69. The molecule has 2 heterocycles. The number of nitrogens with zero attached hydrogens (tertiary/aromatic N) is 3. The van der Waals surface area contributed by atoms with Crippen LogP contribution in [0.4, 0.5) is 5.69 Å². The standard InChI is InChI=1S/C27H35N3O4/c1-21(2)19-34-25-9-4-3-7-23(25)18-28-13-10-27(20-28)11-14-29(15-12-27)26(31)17-22-6-5-8-24(16-22)30(32)33/h3-9,16,21H,10-15,17-20H2,1-2H3. The number of likely N-dealkylation sites (tertiary alicyclic amines) is 2. The van der Waals surface area contributed by atoms with Gasteiger partial charge in [-0.05, 0) is 48.8 Å². The maximum absolute atomic E-state index is 12.8. The molecular formula is C27H35N3O4. The van der Waals surface area contributed by atoms with Crippen molar-refractivity contribution in [3.8, 4) is 5.75 Å². The van der Waals surface area contributed by atoms with Crippen LogP contribution in [0.2, 0.25) is 0 Å². The van der Waals surface area contributed by atoms with Gasteiger partial charge in [-0.2, -0.15) is 0 Å². The van der Waals surface area contributed by atoms with Gasteiger partial charge < -0.3 is 9.64 Å². The van der Waals surface area contributed by atoms with Crippen LogP contribution in [0.1, 0.15) is 44.2 Å². The van der Waals surface area contributed by atoms with Crippen LogP contribution in [0.25, 0.3) is 0 Å². The Balaban J connectivity index is 1.29. The van der Waals surface area contributed by atoms with E-state index in [-0.39, 0.29) is 23.4 Å². The van der Waals surface area contributed by atoms with Crippen molar-refractivity contribution >= 4 is 11.6 Å². The number of hydrogen-bond donors (Lipinski definition) is 0. The van der Waals surface area contributed by atoms with E-state index in [4.69, 9.17) is 4.74 Å². The molecule has 1 spiro atoms. The van der Waals surface area contributed by atoms with E-state index in [1.54, 1.807) is 12.1 Å². The van der Waals surface area contributed by atoms with Gasteiger partial charge in [0, 0.05) is 43.9 Å². The number of carbonyl (C=O) groups excluding carboxylic acids is 1. The second-order valence-corrected chi connectivity index (χ2v) is 10.3. The third-order valence-electron chi connectivity index (χ3n) is 7.11. The number of ether oxygens (including phenoxy) is 1. The lowest BCUT2D eigenvalue weighted by molar-refractivity contribution is -0.384. The number of piperidine rings is 1. The van der Waals surface area contributed by atoms with Crippen LogP contribution in [-0.2, 0) is 17.8 Å². The monoisotopic (exact) mass is 465 g/mol. The van der Waals surface area contributed by atoms with Crippen molar-refractivity contribution in [2.75, 3.05) is 32.8 Å². The van der Waals surface area contributed by atoms with Gasteiger partial charge in [0.2, 0.25) is 5.91 Å². The normalized spacial score (nSPS) is 17.9. The molecule has 2 aliphatic heterocycles. The summed E-state index contributed by atoms with van der Waals surface area (Å²) in [6, 6.07) is 14.7. The number of hydrogen-bond acceptors (Lipinski definition) is 5. The summed E-state index contributed by atoms with van der Waals surface area (Å²) in [5, 5.41) is 11.0. The lowest BCUT2D eigenvalue weighted by Gasteiger charge is -2.39. The van der Waals surface area contributed by atoms with Gasteiger partial charge in [0.05, 0.1) is 18.0 Å². The molecule has 2 aromatic rings. The number of nitro benzene ring substituents is 1. The van der Waals surface area contributed by atoms with E-state index in [1.165, 1.54) is 17.7 Å². The number of nitro groups is 1. The van der Waals surface area contributed by atoms with Crippen molar-refractivity contribution in [2.45, 2.75) is 46.1 Å². The molecule has 0 saturated carbocycles. The van der Waals surface area contributed by atoms with Crippen molar-refractivity contribution in [3.63, 3.8) is 0 Å². The van der Waals surface area contributed by atoms with E-state index in [0.29, 0.717) is 11.5 Å². The maximum Gasteiger partial charge on any atom is 0.269 e. The number of non-ortho nitro benzene ring substituents is 1. The smallest absolute Gasteiger partial charge is 0.269 e. The first kappa shape index (κ1) is 24.2. The zero-order valence-corrected chi connectivity index (χ0v) is 20.2. The van der Waals surface area contributed by atoms with E-state index in [1.807, 2.05) is 11.0 Å². The number of rotatable bonds is 8. The van der Waals surface area contributed by atoms with Crippen LogP contribution >= 0.6 is 0 Å². The van der Waals surface area contributed by atoms with Crippen LogP contribution in [0.3, 0.4) is 0 Å². The Labute approximate surface area is 201 Å². The van der Waals surface area contributed by atoms with Crippen LogP contribution in [0.15, 0.2) is 48.5 Å². The predicted molar refractivity (Wildman–Crippen MR) is 132 cm³/mol. The molecule has 0 aliphatic carbocycles. The molecule has 182 valence electrons. The van der Waals surface area contributed by atoms with Gasteiger partial charge in [-0.3, -0.25) is 19.8 Å². The minimum absolute atomic E-state index is 0.0325. The Morgan fingerprint density at radius 3 is 2.56 bits per heavy atom. The summed E-state index contributed by atoms with van der Waals surface area (Å²) in [4.78, 5) is 27.9. The molecule has 0 aromatic heterocycles. The van der Waals surface area contributed by atoms with Gasteiger partial charge in [-0.25, -0.2) is 0 Å². The Kier molecular flexibility index (Phi) is 7.51. The molecule has 0 bridgehead atoms. The minimum Gasteiger partial charge on any atom is -0.493 e. The zero-order chi connectivity index (χ0) is 24.1. The molecule has 0 radical (unpaired) electrons. The number of carbonyl (C=O) groups is 1. The molecule has 7 heteroatoms. The molecule has 0 unspecified atom stereocenters. The second-order valence-electron chi connectivity index (χ2n) is 10.3. The van der Waals surface area contributed by atoms with Crippen molar-refractivity contribution < 1.29 is 14.5 Å². The average Bonchev–Trinajstić information content (AvgIpc) is 3.20. The molecule has 2 aromatic carbocycles. The first-order valence-corrected chi connectivity index (χ1v) is 12.3. The van der Waals surface area contributed by atoms with E-state index in [9.17, 15) is 14.9 Å². The van der Waals surface area contributed by atoms with Crippen LogP contribution in [-0.4, -0.2) is 53.4 Å². The van der Waals surface area contributed by atoms with E-state index >= 15 is 0 Å². The highest BCUT2D eigenvalue weighted by Crippen LogP contribution is 2.41. The summed E-state index contributed by atoms with van der Waals surface area (Å²) in [6.07, 6.45) is 3.40. The molecule has 34 heavy (non-hydrogen) atoms. The van der Waals surface area contributed by atoms with Gasteiger partial charge in [0.1, 0.15) is 5.75 Å². The average molecular weight is 466 g/mol. The summed E-state index contributed by atoms with van der Waals surface area (Å²) in [6.45, 7) is 9.58.